The normalized spacial score (nSPS) is 13.0. The van der Waals surface area contributed by atoms with E-state index in [4.69, 9.17) is 5.11 Å². The van der Waals surface area contributed by atoms with E-state index < -0.39 is 5.97 Å². The van der Waals surface area contributed by atoms with E-state index in [0.717, 1.165) is 6.29 Å². The smallest absolute Gasteiger partial charge is 0.304 e. The van der Waals surface area contributed by atoms with Crippen LogP contribution >= 0.6 is 0 Å². The third-order valence-corrected chi connectivity index (χ3v) is 1.40. The first-order valence-corrected chi connectivity index (χ1v) is 3.73. The zero-order valence-electron chi connectivity index (χ0n) is 6.91. The first-order chi connectivity index (χ1) is 5.06. The minimum atomic E-state index is -0.900. The van der Waals surface area contributed by atoms with Gasteiger partial charge in [0.25, 0.3) is 0 Å². The summed E-state index contributed by atoms with van der Waals surface area (Å²) in [6.07, 6.45) is 1.35. The van der Waals surface area contributed by atoms with Gasteiger partial charge in [-0.2, -0.15) is 0 Å². The summed E-state index contributed by atoms with van der Waals surface area (Å²) in [4.78, 5) is 20.5. The van der Waals surface area contributed by atoms with Crippen molar-refractivity contribution in [3.8, 4) is 0 Å². The zero-order chi connectivity index (χ0) is 8.85. The number of carboxylic acids is 1. The second kappa shape index (κ2) is 4.88. The Balaban J connectivity index is 3.76. The van der Waals surface area contributed by atoms with Gasteiger partial charge in [0.15, 0.2) is 0 Å². The molecule has 0 radical (unpaired) electrons. The van der Waals surface area contributed by atoms with Crippen LogP contribution < -0.4 is 0 Å². The molecule has 0 heterocycles. The maximum absolute atomic E-state index is 10.3. The fraction of sp³-hybridized carbons (Fsp3) is 0.750. The van der Waals surface area contributed by atoms with Gasteiger partial charge >= 0.3 is 5.97 Å². The van der Waals surface area contributed by atoms with Gasteiger partial charge in [-0.3, -0.25) is 4.79 Å². The summed E-state index contributed by atoms with van der Waals surface area (Å²) >= 11 is 0. The molecule has 0 aliphatic heterocycles. The van der Waals surface area contributed by atoms with E-state index >= 15 is 0 Å². The number of hydrogen-bond donors (Lipinski definition) is 1. The first kappa shape index (κ1) is 10.1. The predicted octanol–water partition coefficient (Wildman–Crippen LogP) is 1.32. The quantitative estimate of drug-likeness (QED) is 0.614. The molecule has 1 N–H and O–H groups in total. The fourth-order valence-electron chi connectivity index (χ4n) is 1.02. The van der Waals surface area contributed by atoms with Crippen LogP contribution in [0.25, 0.3) is 0 Å². The molecule has 3 nitrogen and oxygen atoms in total. The number of carbonyl (C=O) groups excluding carboxylic acids is 1. The van der Waals surface area contributed by atoms with Crippen LogP contribution in [0.4, 0.5) is 0 Å². The summed E-state index contributed by atoms with van der Waals surface area (Å²) in [7, 11) is 0. The molecular weight excluding hydrogens is 144 g/mol. The van der Waals surface area contributed by atoms with E-state index in [1.165, 1.54) is 0 Å². The fourth-order valence-corrected chi connectivity index (χ4v) is 1.02. The van der Waals surface area contributed by atoms with Gasteiger partial charge in [-0.15, -0.1) is 0 Å². The lowest BCUT2D eigenvalue weighted by molar-refractivity contribution is -0.139. The molecule has 0 aliphatic carbocycles. The van der Waals surface area contributed by atoms with E-state index in [1.54, 1.807) is 0 Å². The van der Waals surface area contributed by atoms with E-state index in [-0.39, 0.29) is 12.3 Å². The average Bonchev–Trinajstić information content (AvgIpc) is 1.84. The van der Waals surface area contributed by atoms with Crippen LogP contribution in [0.2, 0.25) is 0 Å². The topological polar surface area (TPSA) is 54.4 Å². The van der Waals surface area contributed by atoms with Crippen LogP contribution in [0, 0.1) is 11.8 Å². The summed E-state index contributed by atoms with van der Waals surface area (Å²) in [6.45, 7) is 3.94. The highest BCUT2D eigenvalue weighted by Crippen LogP contribution is 2.12. The number of carbonyl (C=O) groups is 2. The molecule has 3 heteroatoms. The van der Waals surface area contributed by atoms with Crippen LogP contribution in [0.1, 0.15) is 26.7 Å². The molecule has 0 amide bonds. The summed E-state index contributed by atoms with van der Waals surface area (Å²) in [5, 5.41) is 8.37. The van der Waals surface area contributed by atoms with Crippen molar-refractivity contribution in [2.45, 2.75) is 26.7 Å². The van der Waals surface area contributed by atoms with Crippen molar-refractivity contribution in [1.82, 2.24) is 0 Å². The standard InChI is InChI=1S/C8H14O3/c1-6(2)3-7(5-9)4-8(10)11/h5-7H,3-4H2,1-2H3,(H,10,11)/t7-/m1/s1. The van der Waals surface area contributed by atoms with Gasteiger partial charge in [-0.1, -0.05) is 13.8 Å². The molecule has 0 aromatic heterocycles. The number of carboxylic acid groups (broad SMARTS) is 1. The molecule has 64 valence electrons. The Bertz CT molecular complexity index is 140. The molecule has 0 aromatic rings. The molecule has 0 saturated heterocycles. The summed E-state index contributed by atoms with van der Waals surface area (Å²) in [6, 6.07) is 0. The van der Waals surface area contributed by atoms with Gasteiger partial charge in [-0.05, 0) is 12.3 Å². The molecular formula is C8H14O3. The molecule has 0 fully saturated rings. The van der Waals surface area contributed by atoms with Gasteiger partial charge in [0.2, 0.25) is 0 Å². The number of aldehydes is 1. The third kappa shape index (κ3) is 5.58. The molecule has 0 bridgehead atoms. The molecule has 0 spiro atoms. The van der Waals surface area contributed by atoms with Gasteiger partial charge in [0.1, 0.15) is 6.29 Å². The first-order valence-electron chi connectivity index (χ1n) is 3.73. The van der Waals surface area contributed by atoms with Gasteiger partial charge in [0.05, 0.1) is 6.42 Å². The van der Waals surface area contributed by atoms with Gasteiger partial charge in [0, 0.05) is 5.92 Å². The Labute approximate surface area is 66.4 Å². The van der Waals surface area contributed by atoms with Crippen molar-refractivity contribution in [3.63, 3.8) is 0 Å². The van der Waals surface area contributed by atoms with Crippen molar-refractivity contribution in [2.75, 3.05) is 0 Å². The van der Waals surface area contributed by atoms with E-state index in [1.807, 2.05) is 13.8 Å². The monoisotopic (exact) mass is 158 g/mol. The van der Waals surface area contributed by atoms with E-state index in [9.17, 15) is 9.59 Å². The SMILES string of the molecule is CC(C)C[C@@H](C=O)CC(=O)O. The summed E-state index contributed by atoms with van der Waals surface area (Å²) in [5.41, 5.74) is 0. The largest absolute Gasteiger partial charge is 0.481 e. The Morgan fingerprint density at radius 1 is 1.55 bits per heavy atom. The van der Waals surface area contributed by atoms with Gasteiger partial charge < -0.3 is 9.90 Å². The van der Waals surface area contributed by atoms with E-state index in [2.05, 4.69) is 0 Å². The minimum Gasteiger partial charge on any atom is -0.481 e. The molecule has 1 atom stereocenters. The van der Waals surface area contributed by atoms with Crippen molar-refractivity contribution < 1.29 is 14.7 Å². The lowest BCUT2D eigenvalue weighted by atomic mass is 9.96. The maximum Gasteiger partial charge on any atom is 0.304 e. The Morgan fingerprint density at radius 2 is 2.09 bits per heavy atom. The van der Waals surface area contributed by atoms with Crippen LogP contribution in [-0.2, 0) is 9.59 Å². The summed E-state index contributed by atoms with van der Waals surface area (Å²) in [5.74, 6) is -0.834. The molecule has 0 unspecified atom stereocenters. The Morgan fingerprint density at radius 3 is 2.36 bits per heavy atom. The highest BCUT2D eigenvalue weighted by atomic mass is 16.4. The number of aliphatic carboxylic acids is 1. The highest BCUT2D eigenvalue weighted by Gasteiger charge is 2.13. The number of rotatable bonds is 5. The van der Waals surface area contributed by atoms with Crippen LogP contribution in [-0.4, -0.2) is 17.4 Å². The summed E-state index contributed by atoms with van der Waals surface area (Å²) < 4.78 is 0. The van der Waals surface area contributed by atoms with Crippen molar-refractivity contribution >= 4 is 12.3 Å². The van der Waals surface area contributed by atoms with Crippen molar-refractivity contribution in [3.05, 3.63) is 0 Å². The maximum atomic E-state index is 10.3. The van der Waals surface area contributed by atoms with Crippen LogP contribution in [0.15, 0.2) is 0 Å². The predicted molar refractivity (Wildman–Crippen MR) is 41.3 cm³/mol. The van der Waals surface area contributed by atoms with Crippen LogP contribution in [0.5, 0.6) is 0 Å². The van der Waals surface area contributed by atoms with Crippen LogP contribution in [0.3, 0.4) is 0 Å². The lowest BCUT2D eigenvalue weighted by Gasteiger charge is -2.08. The highest BCUT2D eigenvalue weighted by molar-refractivity contribution is 5.71. The molecule has 0 saturated carbocycles. The lowest BCUT2D eigenvalue weighted by Crippen LogP contribution is -2.11. The Hall–Kier alpha value is -0.860. The number of hydrogen-bond acceptors (Lipinski definition) is 2. The van der Waals surface area contributed by atoms with E-state index in [0.29, 0.717) is 12.3 Å². The second-order valence-electron chi connectivity index (χ2n) is 3.12. The second-order valence-corrected chi connectivity index (χ2v) is 3.12. The Kier molecular flexibility index (Phi) is 4.50. The average molecular weight is 158 g/mol. The molecule has 0 aliphatic rings. The molecule has 11 heavy (non-hydrogen) atoms. The zero-order valence-corrected chi connectivity index (χ0v) is 6.91. The minimum absolute atomic E-state index is 0.0400. The third-order valence-electron chi connectivity index (χ3n) is 1.40. The molecule has 0 aromatic carbocycles. The van der Waals surface area contributed by atoms with Crippen molar-refractivity contribution in [2.24, 2.45) is 11.8 Å². The van der Waals surface area contributed by atoms with Crippen molar-refractivity contribution in [1.29, 1.82) is 0 Å². The van der Waals surface area contributed by atoms with Gasteiger partial charge in [-0.25, -0.2) is 0 Å². The molecule has 0 rings (SSSR count).